The molecule has 0 bridgehead atoms. The minimum Gasteiger partial charge on any atom is -0.487 e. The number of nitrogens with two attached hydrogens (primary N) is 1. The zero-order valence-electron chi connectivity index (χ0n) is 14.5. The normalized spacial score (nSPS) is 16.0. The van der Waals surface area contributed by atoms with Crippen LogP contribution in [0.5, 0.6) is 11.5 Å². The molecule has 0 radical (unpaired) electrons. The average Bonchev–Trinajstić information content (AvgIpc) is 2.78. The Hall–Kier alpha value is -3.62. The molecule has 2 heterocycles. The highest BCUT2D eigenvalue weighted by molar-refractivity contribution is 5.99. The number of carbonyl (C=O) groups excluding carboxylic acids is 3. The molecule has 1 aliphatic heterocycles. The first kappa shape index (κ1) is 18.2. The van der Waals surface area contributed by atoms with Gasteiger partial charge in [0.25, 0.3) is 5.91 Å². The van der Waals surface area contributed by atoms with E-state index in [0.717, 1.165) is 0 Å². The van der Waals surface area contributed by atoms with Crippen molar-refractivity contribution >= 4 is 23.5 Å². The molecule has 0 saturated carbocycles. The number of fused-ring (bicyclic) bond motifs is 1. The second-order valence-corrected chi connectivity index (χ2v) is 5.71. The van der Waals surface area contributed by atoms with Crippen LogP contribution in [0.25, 0.3) is 0 Å². The summed E-state index contributed by atoms with van der Waals surface area (Å²) in [5.74, 6) is 0.100. The number of amides is 2. The largest absolute Gasteiger partial charge is 0.487 e. The maximum atomic E-state index is 12.4. The van der Waals surface area contributed by atoms with E-state index >= 15 is 0 Å². The molecule has 0 spiro atoms. The number of primary amides is 1. The lowest BCUT2D eigenvalue weighted by Crippen LogP contribution is -2.41. The van der Waals surface area contributed by atoms with Gasteiger partial charge in [-0.15, -0.1) is 0 Å². The summed E-state index contributed by atoms with van der Waals surface area (Å²) in [4.78, 5) is 40.6. The van der Waals surface area contributed by atoms with Crippen molar-refractivity contribution < 1.29 is 28.6 Å². The maximum absolute atomic E-state index is 12.4. The number of Topliss-reactive ketones (excluding diaryl/α,β-unsaturated/α-hetero) is 1. The van der Waals surface area contributed by atoms with Gasteiger partial charge in [-0.1, -0.05) is 0 Å². The molecule has 2 aromatic rings. The quantitative estimate of drug-likeness (QED) is 0.783. The maximum Gasteiger partial charge on any atom is 0.405 e. The number of ether oxygens (including phenoxy) is 3. The highest BCUT2D eigenvalue weighted by Crippen LogP contribution is 2.34. The summed E-state index contributed by atoms with van der Waals surface area (Å²) in [6.07, 6.45) is 0.850. The third-order valence-electron chi connectivity index (χ3n) is 3.92. The Bertz CT molecular complexity index is 871. The number of carbonyl (C=O) groups is 3. The van der Waals surface area contributed by atoms with Crippen molar-refractivity contribution in [3.8, 4) is 11.5 Å². The molecule has 0 saturated heterocycles. The number of aromatic nitrogens is 1. The van der Waals surface area contributed by atoms with Crippen molar-refractivity contribution in [1.29, 1.82) is 0 Å². The minimum atomic E-state index is -1.14. The molecule has 2 amide bonds. The van der Waals surface area contributed by atoms with Crippen molar-refractivity contribution in [1.82, 2.24) is 4.98 Å². The second kappa shape index (κ2) is 7.73. The first-order valence-corrected chi connectivity index (χ1v) is 8.02. The van der Waals surface area contributed by atoms with Crippen molar-refractivity contribution in [2.45, 2.75) is 6.10 Å². The Balaban J connectivity index is 1.73. The van der Waals surface area contributed by atoms with Gasteiger partial charge in [-0.25, -0.2) is 4.79 Å². The fourth-order valence-electron chi connectivity index (χ4n) is 2.54. The number of pyridine rings is 1. The van der Waals surface area contributed by atoms with Crippen LogP contribution in [0.1, 0.15) is 10.4 Å². The summed E-state index contributed by atoms with van der Waals surface area (Å²) in [6.45, 7) is -0.325. The average molecular weight is 371 g/mol. The first-order valence-electron chi connectivity index (χ1n) is 8.02. The molecule has 1 aliphatic rings. The Kier molecular flexibility index (Phi) is 5.20. The lowest BCUT2D eigenvalue weighted by molar-refractivity contribution is -0.127. The summed E-state index contributed by atoms with van der Waals surface area (Å²) in [7, 11) is 1.51. The monoisotopic (exact) mass is 371 g/mol. The fourth-order valence-corrected chi connectivity index (χ4v) is 2.54. The minimum absolute atomic E-state index is 0.153. The highest BCUT2D eigenvalue weighted by Gasteiger charge is 2.32. The lowest BCUT2D eigenvalue weighted by Gasteiger charge is -2.19. The number of ketones is 1. The first-order chi connectivity index (χ1) is 13.0. The van der Waals surface area contributed by atoms with Gasteiger partial charge in [-0.2, -0.15) is 0 Å². The molecule has 2 N–H and O–H groups in total. The number of benzene rings is 1. The van der Waals surface area contributed by atoms with E-state index in [1.165, 1.54) is 24.3 Å². The molecule has 0 fully saturated rings. The van der Waals surface area contributed by atoms with Gasteiger partial charge in [0, 0.05) is 31.1 Å². The Morgan fingerprint density at radius 2 is 2.04 bits per heavy atom. The Morgan fingerprint density at radius 1 is 1.30 bits per heavy atom. The number of hydrogen-bond acceptors (Lipinski definition) is 7. The van der Waals surface area contributed by atoms with Crippen molar-refractivity contribution in [2.24, 2.45) is 5.73 Å². The van der Waals surface area contributed by atoms with Crippen LogP contribution in [0.4, 0.5) is 10.5 Å². The third kappa shape index (κ3) is 4.14. The predicted octanol–water partition coefficient (Wildman–Crippen LogP) is 1.16. The summed E-state index contributed by atoms with van der Waals surface area (Å²) in [5.41, 5.74) is 5.89. The van der Waals surface area contributed by atoms with Crippen molar-refractivity contribution in [3.05, 3.63) is 48.3 Å². The van der Waals surface area contributed by atoms with Crippen molar-refractivity contribution in [3.63, 3.8) is 0 Å². The van der Waals surface area contributed by atoms with Crippen LogP contribution in [0, 0.1) is 0 Å². The van der Waals surface area contributed by atoms with E-state index in [4.69, 9.17) is 19.9 Å². The van der Waals surface area contributed by atoms with E-state index in [0.29, 0.717) is 22.7 Å². The van der Waals surface area contributed by atoms with Gasteiger partial charge in [0.1, 0.15) is 18.1 Å². The van der Waals surface area contributed by atoms with Gasteiger partial charge >= 0.3 is 6.09 Å². The molecule has 27 heavy (non-hydrogen) atoms. The van der Waals surface area contributed by atoms with Gasteiger partial charge in [-0.05, 0) is 24.3 Å². The molecule has 0 unspecified atom stereocenters. The predicted molar refractivity (Wildman–Crippen MR) is 93.9 cm³/mol. The molecule has 3 rings (SSSR count). The van der Waals surface area contributed by atoms with Crippen LogP contribution < -0.4 is 20.1 Å². The zero-order valence-corrected chi connectivity index (χ0v) is 14.5. The van der Waals surface area contributed by atoms with Gasteiger partial charge < -0.3 is 24.8 Å². The van der Waals surface area contributed by atoms with E-state index in [-0.39, 0.29) is 19.0 Å². The van der Waals surface area contributed by atoms with E-state index < -0.39 is 18.1 Å². The molecule has 9 heteroatoms. The Morgan fingerprint density at radius 3 is 2.74 bits per heavy atom. The van der Waals surface area contributed by atoms with Crippen LogP contribution in [0.3, 0.4) is 0 Å². The van der Waals surface area contributed by atoms with Gasteiger partial charge in [0.05, 0.1) is 5.69 Å². The van der Waals surface area contributed by atoms with Crippen molar-refractivity contribution in [2.75, 3.05) is 25.2 Å². The molecule has 1 atom stereocenters. The summed E-state index contributed by atoms with van der Waals surface area (Å²) >= 11 is 0. The number of rotatable bonds is 5. The summed E-state index contributed by atoms with van der Waals surface area (Å²) in [5, 5.41) is 0. The topological polar surface area (TPSA) is 121 Å². The van der Waals surface area contributed by atoms with E-state index in [1.54, 1.807) is 30.3 Å². The SMILES string of the molecule is CN1C(=O)[C@@H](OC(N)=O)COc2ccc(OCC(=O)c3ccncc3)cc21. The van der Waals surface area contributed by atoms with Gasteiger partial charge in [0.15, 0.2) is 12.4 Å². The number of anilines is 1. The van der Waals surface area contributed by atoms with Crippen LogP contribution in [-0.4, -0.2) is 49.1 Å². The number of nitrogens with zero attached hydrogens (tertiary/aromatic N) is 2. The zero-order chi connectivity index (χ0) is 19.4. The molecule has 1 aromatic heterocycles. The van der Waals surface area contributed by atoms with Crippen LogP contribution >= 0.6 is 0 Å². The summed E-state index contributed by atoms with van der Waals surface area (Å²) in [6, 6.07) is 7.99. The van der Waals surface area contributed by atoms with E-state index in [9.17, 15) is 14.4 Å². The molecule has 9 nitrogen and oxygen atoms in total. The lowest BCUT2D eigenvalue weighted by atomic mass is 10.2. The van der Waals surface area contributed by atoms with E-state index in [1.807, 2.05) is 0 Å². The molecular formula is C18H17N3O6. The molecule has 1 aromatic carbocycles. The van der Waals surface area contributed by atoms with Crippen LogP contribution in [0.15, 0.2) is 42.7 Å². The van der Waals surface area contributed by atoms with Crippen LogP contribution in [-0.2, 0) is 9.53 Å². The number of likely N-dealkylation sites (N-methyl/N-ethyl adjacent to an activating group) is 1. The number of hydrogen-bond donors (Lipinski definition) is 1. The second-order valence-electron chi connectivity index (χ2n) is 5.71. The standard InChI is InChI=1S/C18H17N3O6/c1-21-13-8-12(25-9-14(22)11-4-6-20-7-5-11)2-3-15(13)26-10-16(17(21)23)27-18(19)24/h2-8,16H,9-10H2,1H3,(H2,19,24)/t16-/m0/s1. The highest BCUT2D eigenvalue weighted by atomic mass is 16.6. The van der Waals surface area contributed by atoms with Gasteiger partial charge in [-0.3, -0.25) is 14.6 Å². The smallest absolute Gasteiger partial charge is 0.405 e. The molecule has 140 valence electrons. The third-order valence-corrected chi connectivity index (χ3v) is 3.92. The Labute approximate surface area is 154 Å². The fraction of sp³-hybridized carbons (Fsp3) is 0.222. The van der Waals surface area contributed by atoms with E-state index in [2.05, 4.69) is 4.98 Å². The molecule has 0 aliphatic carbocycles. The van der Waals surface area contributed by atoms with Crippen LogP contribution in [0.2, 0.25) is 0 Å². The summed E-state index contributed by atoms with van der Waals surface area (Å²) < 4.78 is 15.8. The molecular weight excluding hydrogens is 354 g/mol. The van der Waals surface area contributed by atoms with Gasteiger partial charge in [0.2, 0.25) is 6.10 Å².